The molecule has 19 heavy (non-hydrogen) atoms. The van der Waals surface area contributed by atoms with Crippen molar-refractivity contribution in [2.75, 3.05) is 20.2 Å². The highest BCUT2D eigenvalue weighted by Crippen LogP contribution is 2.16. The molecule has 0 aromatic heterocycles. The summed E-state index contributed by atoms with van der Waals surface area (Å²) in [4.78, 5) is 11.8. The van der Waals surface area contributed by atoms with Crippen molar-refractivity contribution in [3.05, 3.63) is 35.9 Å². The molecule has 0 heterocycles. The van der Waals surface area contributed by atoms with Crippen molar-refractivity contribution < 1.29 is 14.6 Å². The molecule has 0 fully saturated rings. The average molecular weight is 265 g/mol. The summed E-state index contributed by atoms with van der Waals surface area (Å²) in [6, 6.07) is 9.51. The van der Waals surface area contributed by atoms with Crippen LogP contribution in [0.25, 0.3) is 0 Å². The Morgan fingerprint density at radius 1 is 1.26 bits per heavy atom. The molecule has 0 aliphatic carbocycles. The molecular weight excluding hydrogens is 242 g/mol. The molecule has 0 aliphatic rings. The third kappa shape index (κ3) is 5.01. The van der Waals surface area contributed by atoms with Crippen LogP contribution in [0.5, 0.6) is 0 Å². The summed E-state index contributed by atoms with van der Waals surface area (Å²) in [7, 11) is 1.39. The first-order chi connectivity index (χ1) is 9.06. The number of nitrogens with one attached hydrogen (secondary N) is 1. The van der Waals surface area contributed by atoms with Crippen molar-refractivity contribution in [2.24, 2.45) is 5.92 Å². The van der Waals surface area contributed by atoms with Crippen molar-refractivity contribution in [3.63, 3.8) is 0 Å². The Labute approximate surface area is 114 Å². The molecule has 0 amide bonds. The van der Waals surface area contributed by atoms with Crippen LogP contribution in [0, 0.1) is 5.92 Å². The third-order valence-corrected chi connectivity index (χ3v) is 3.16. The van der Waals surface area contributed by atoms with E-state index in [0.717, 1.165) is 5.56 Å². The van der Waals surface area contributed by atoms with Gasteiger partial charge in [0.05, 0.1) is 19.1 Å². The monoisotopic (exact) mass is 265 g/mol. The van der Waals surface area contributed by atoms with E-state index >= 15 is 0 Å². The van der Waals surface area contributed by atoms with Gasteiger partial charge in [-0.15, -0.1) is 0 Å². The molecule has 0 radical (unpaired) electrons. The molecule has 0 aliphatic heterocycles. The minimum atomic E-state index is -0.408. The first-order valence-corrected chi connectivity index (χ1v) is 6.57. The van der Waals surface area contributed by atoms with Gasteiger partial charge in [-0.2, -0.15) is 0 Å². The van der Waals surface area contributed by atoms with Gasteiger partial charge in [0.25, 0.3) is 0 Å². The van der Waals surface area contributed by atoms with Gasteiger partial charge in [-0.1, -0.05) is 44.2 Å². The Balaban J connectivity index is 2.60. The number of carbonyl (C=O) groups excluding carboxylic acids is 1. The Kier molecular flexibility index (Phi) is 6.53. The largest absolute Gasteiger partial charge is 0.469 e. The van der Waals surface area contributed by atoms with Crippen LogP contribution in [0.3, 0.4) is 0 Å². The number of aliphatic hydroxyl groups excluding tert-OH is 1. The van der Waals surface area contributed by atoms with E-state index in [-0.39, 0.29) is 17.8 Å². The number of methoxy groups -OCH3 is 1. The van der Waals surface area contributed by atoms with Gasteiger partial charge < -0.3 is 15.2 Å². The number of aliphatic hydroxyl groups is 1. The van der Waals surface area contributed by atoms with Crippen molar-refractivity contribution in [3.8, 4) is 0 Å². The molecule has 2 N–H and O–H groups in total. The minimum absolute atomic E-state index is 0.195. The molecule has 2 atom stereocenters. The van der Waals surface area contributed by atoms with Crippen molar-refractivity contribution in [1.82, 2.24) is 5.32 Å². The fourth-order valence-electron chi connectivity index (χ4n) is 1.78. The van der Waals surface area contributed by atoms with E-state index in [2.05, 4.69) is 5.32 Å². The zero-order valence-electron chi connectivity index (χ0n) is 11.8. The van der Waals surface area contributed by atoms with E-state index in [4.69, 9.17) is 4.74 Å². The third-order valence-electron chi connectivity index (χ3n) is 3.16. The van der Waals surface area contributed by atoms with E-state index in [1.807, 2.05) is 44.2 Å². The number of carbonyl (C=O) groups is 1. The lowest BCUT2D eigenvalue weighted by atomic mass is 9.99. The molecule has 0 bridgehead atoms. The van der Waals surface area contributed by atoms with Crippen molar-refractivity contribution in [1.29, 1.82) is 0 Å². The van der Waals surface area contributed by atoms with Gasteiger partial charge in [0.2, 0.25) is 0 Å². The molecule has 4 nitrogen and oxygen atoms in total. The van der Waals surface area contributed by atoms with E-state index in [0.29, 0.717) is 13.1 Å². The quantitative estimate of drug-likeness (QED) is 0.734. The first kappa shape index (κ1) is 15.7. The molecular formula is C15H23NO3. The van der Waals surface area contributed by atoms with Crippen LogP contribution in [-0.4, -0.2) is 37.4 Å². The molecule has 4 heteroatoms. The fraction of sp³-hybridized carbons (Fsp3) is 0.533. The molecule has 1 aromatic rings. The highest BCUT2D eigenvalue weighted by atomic mass is 16.5. The number of ether oxygens (including phenoxy) is 1. The molecule has 0 saturated carbocycles. The van der Waals surface area contributed by atoms with Crippen LogP contribution >= 0.6 is 0 Å². The molecule has 0 spiro atoms. The van der Waals surface area contributed by atoms with Gasteiger partial charge in [-0.25, -0.2) is 0 Å². The number of benzene rings is 1. The second-order valence-electron chi connectivity index (χ2n) is 4.96. The van der Waals surface area contributed by atoms with E-state index in [1.54, 1.807) is 0 Å². The molecule has 0 saturated heterocycles. The molecule has 1 aromatic carbocycles. The van der Waals surface area contributed by atoms with Gasteiger partial charge in [0, 0.05) is 13.1 Å². The summed E-state index contributed by atoms with van der Waals surface area (Å²) in [6.45, 7) is 4.85. The number of esters is 1. The van der Waals surface area contributed by atoms with Crippen LogP contribution < -0.4 is 5.32 Å². The predicted octanol–water partition coefficient (Wildman–Crippen LogP) is 1.55. The minimum Gasteiger partial charge on any atom is -0.469 e. The Bertz CT molecular complexity index is 378. The second kappa shape index (κ2) is 7.92. The highest BCUT2D eigenvalue weighted by Gasteiger charge is 2.21. The summed E-state index contributed by atoms with van der Waals surface area (Å²) in [6.07, 6.45) is -0.408. The normalized spacial score (nSPS) is 14.2. The molecule has 2 unspecified atom stereocenters. The maximum atomic E-state index is 11.8. The van der Waals surface area contributed by atoms with Gasteiger partial charge in [-0.05, 0) is 11.5 Å². The Morgan fingerprint density at radius 3 is 2.42 bits per heavy atom. The Morgan fingerprint density at radius 2 is 1.89 bits per heavy atom. The topological polar surface area (TPSA) is 58.6 Å². The maximum Gasteiger partial charge on any atom is 0.314 e. The summed E-state index contributed by atoms with van der Waals surface area (Å²) in [5, 5.41) is 12.9. The first-order valence-electron chi connectivity index (χ1n) is 6.57. The number of hydrogen-bond acceptors (Lipinski definition) is 4. The van der Waals surface area contributed by atoms with Crippen molar-refractivity contribution >= 4 is 5.97 Å². The summed E-state index contributed by atoms with van der Waals surface area (Å²) in [5.74, 6) is -0.413. The molecule has 1 rings (SSSR count). The second-order valence-corrected chi connectivity index (χ2v) is 4.96. The van der Waals surface area contributed by atoms with Crippen LogP contribution in [0.15, 0.2) is 30.3 Å². The van der Waals surface area contributed by atoms with Crippen molar-refractivity contribution in [2.45, 2.75) is 25.9 Å². The maximum absolute atomic E-state index is 11.8. The fourth-order valence-corrected chi connectivity index (χ4v) is 1.78. The average Bonchev–Trinajstić information content (AvgIpc) is 2.43. The van der Waals surface area contributed by atoms with Gasteiger partial charge >= 0.3 is 5.97 Å². The lowest BCUT2D eigenvalue weighted by Gasteiger charge is -2.19. The number of rotatable bonds is 7. The van der Waals surface area contributed by atoms with Crippen LogP contribution in [-0.2, 0) is 9.53 Å². The zero-order valence-corrected chi connectivity index (χ0v) is 11.8. The zero-order chi connectivity index (χ0) is 14.3. The van der Waals surface area contributed by atoms with Crippen LogP contribution in [0.1, 0.15) is 25.3 Å². The SMILES string of the molecule is COC(=O)C(CNCC(O)C(C)C)c1ccccc1. The highest BCUT2D eigenvalue weighted by molar-refractivity contribution is 5.78. The van der Waals surface area contributed by atoms with Crippen LogP contribution in [0.2, 0.25) is 0 Å². The van der Waals surface area contributed by atoms with Gasteiger partial charge in [-0.3, -0.25) is 4.79 Å². The predicted molar refractivity (Wildman–Crippen MR) is 74.9 cm³/mol. The standard InChI is InChI=1S/C15H23NO3/c1-11(2)14(17)10-16-9-13(15(18)19-3)12-7-5-4-6-8-12/h4-8,11,13-14,16-17H,9-10H2,1-3H3. The Hall–Kier alpha value is -1.39. The van der Waals surface area contributed by atoms with E-state index in [9.17, 15) is 9.90 Å². The van der Waals surface area contributed by atoms with E-state index in [1.165, 1.54) is 7.11 Å². The van der Waals surface area contributed by atoms with E-state index < -0.39 is 6.10 Å². The summed E-state index contributed by atoms with van der Waals surface area (Å²) >= 11 is 0. The summed E-state index contributed by atoms with van der Waals surface area (Å²) in [5.41, 5.74) is 0.917. The van der Waals surface area contributed by atoms with Gasteiger partial charge in [0.15, 0.2) is 0 Å². The molecule has 106 valence electrons. The smallest absolute Gasteiger partial charge is 0.314 e. The lowest BCUT2D eigenvalue weighted by Crippen LogP contribution is -2.35. The summed E-state index contributed by atoms with van der Waals surface area (Å²) < 4.78 is 4.83. The lowest BCUT2D eigenvalue weighted by molar-refractivity contribution is -0.142. The van der Waals surface area contributed by atoms with Crippen LogP contribution in [0.4, 0.5) is 0 Å². The van der Waals surface area contributed by atoms with Gasteiger partial charge in [0.1, 0.15) is 0 Å². The number of hydrogen-bond donors (Lipinski definition) is 2.